The number of hydrogen-bond donors (Lipinski definition) is 0. The third-order valence-electron chi connectivity index (χ3n) is 2.06. The summed E-state index contributed by atoms with van der Waals surface area (Å²) in [6.07, 6.45) is 3.72. The van der Waals surface area contributed by atoms with E-state index >= 15 is 0 Å². The van der Waals surface area contributed by atoms with Crippen molar-refractivity contribution in [2.75, 3.05) is 0 Å². The Morgan fingerprint density at radius 3 is 3.00 bits per heavy atom. The van der Waals surface area contributed by atoms with Crippen LogP contribution in [0.4, 0.5) is 0 Å². The fourth-order valence-corrected chi connectivity index (χ4v) is 2.54. The molecule has 0 atom stereocenters. The molecule has 0 saturated carbocycles. The third-order valence-corrected chi connectivity index (χ3v) is 3.45. The van der Waals surface area contributed by atoms with Crippen molar-refractivity contribution >= 4 is 32.8 Å². The lowest BCUT2D eigenvalue weighted by Gasteiger charge is -1.92. The predicted octanol–water partition coefficient (Wildman–Crippen LogP) is 2.62. The van der Waals surface area contributed by atoms with E-state index in [9.17, 15) is 0 Å². The third kappa shape index (κ3) is 1.46. The average Bonchev–Trinajstić information content (AvgIpc) is 2.83. The number of rotatable bonds is 1. The summed E-state index contributed by atoms with van der Waals surface area (Å²) in [5, 5.41) is 13.1. The maximum Gasteiger partial charge on any atom is 0.183 e. The second-order valence-electron chi connectivity index (χ2n) is 2.95. The Morgan fingerprint density at radius 2 is 2.20 bits per heavy atom. The van der Waals surface area contributed by atoms with Crippen molar-refractivity contribution in [3.63, 3.8) is 0 Å². The highest BCUT2D eigenvalue weighted by Crippen LogP contribution is 2.29. The average molecular weight is 281 g/mol. The molecule has 0 fully saturated rings. The van der Waals surface area contributed by atoms with Crippen molar-refractivity contribution in [3.05, 3.63) is 34.5 Å². The summed E-state index contributed by atoms with van der Waals surface area (Å²) in [7, 11) is 0. The molecular formula is C9H5BrN4S. The van der Waals surface area contributed by atoms with Gasteiger partial charge in [-0.15, -0.1) is 10.2 Å². The zero-order valence-electron chi connectivity index (χ0n) is 7.46. The topological polar surface area (TPSA) is 43.1 Å². The lowest BCUT2D eigenvalue weighted by atomic mass is 10.3. The van der Waals surface area contributed by atoms with E-state index in [4.69, 9.17) is 0 Å². The van der Waals surface area contributed by atoms with Gasteiger partial charge in [-0.05, 0) is 28.1 Å². The van der Waals surface area contributed by atoms with Crippen LogP contribution in [0, 0.1) is 0 Å². The molecular weight excluding hydrogens is 276 g/mol. The number of halogens is 1. The highest BCUT2D eigenvalue weighted by molar-refractivity contribution is 9.11. The first-order chi connectivity index (χ1) is 7.34. The number of nitrogens with zero attached hydrogens (tertiary/aromatic N) is 4. The van der Waals surface area contributed by atoms with Crippen LogP contribution in [0.25, 0.3) is 16.1 Å². The fraction of sp³-hybridized carbons (Fsp3) is 0. The van der Waals surface area contributed by atoms with E-state index in [2.05, 4.69) is 31.2 Å². The van der Waals surface area contributed by atoms with Crippen molar-refractivity contribution in [1.82, 2.24) is 19.8 Å². The van der Waals surface area contributed by atoms with Crippen molar-refractivity contribution < 1.29 is 0 Å². The molecule has 3 heterocycles. The molecule has 6 heteroatoms. The Balaban J connectivity index is 2.27. The molecule has 0 radical (unpaired) electrons. The minimum Gasteiger partial charge on any atom is -0.240 e. The lowest BCUT2D eigenvalue weighted by molar-refractivity contribution is 0.961. The van der Waals surface area contributed by atoms with E-state index in [1.165, 1.54) is 11.3 Å². The summed E-state index contributed by atoms with van der Waals surface area (Å²) < 4.78 is 2.61. The molecule has 0 amide bonds. The van der Waals surface area contributed by atoms with Crippen LogP contribution in [0.5, 0.6) is 0 Å². The zero-order valence-corrected chi connectivity index (χ0v) is 9.86. The van der Waals surface area contributed by atoms with Gasteiger partial charge in [0, 0.05) is 6.20 Å². The predicted molar refractivity (Wildman–Crippen MR) is 61.8 cm³/mol. The highest BCUT2D eigenvalue weighted by Gasteiger charge is 2.10. The molecule has 0 aromatic carbocycles. The smallest absolute Gasteiger partial charge is 0.183 e. The SMILES string of the molecule is Brc1nnc(-c2cnn3ccccc23)s1. The second-order valence-corrected chi connectivity index (χ2v) is 5.20. The van der Waals surface area contributed by atoms with Crippen LogP contribution in [-0.2, 0) is 0 Å². The zero-order chi connectivity index (χ0) is 10.3. The Morgan fingerprint density at radius 1 is 1.27 bits per heavy atom. The molecule has 3 aromatic heterocycles. The number of pyridine rings is 1. The maximum absolute atomic E-state index is 4.24. The van der Waals surface area contributed by atoms with Gasteiger partial charge in [0.15, 0.2) is 8.92 Å². The van der Waals surface area contributed by atoms with Crippen LogP contribution in [0.2, 0.25) is 0 Å². The quantitative estimate of drug-likeness (QED) is 0.688. The molecule has 15 heavy (non-hydrogen) atoms. The fourth-order valence-electron chi connectivity index (χ4n) is 1.41. The molecule has 3 aromatic rings. The van der Waals surface area contributed by atoms with Crippen LogP contribution < -0.4 is 0 Å². The summed E-state index contributed by atoms with van der Waals surface area (Å²) in [6, 6.07) is 5.94. The highest BCUT2D eigenvalue weighted by atomic mass is 79.9. The summed E-state index contributed by atoms with van der Waals surface area (Å²) in [6.45, 7) is 0. The van der Waals surface area contributed by atoms with E-state index in [0.29, 0.717) is 0 Å². The molecule has 0 unspecified atom stereocenters. The van der Waals surface area contributed by atoms with E-state index < -0.39 is 0 Å². The number of hydrogen-bond acceptors (Lipinski definition) is 4. The first-order valence-corrected chi connectivity index (χ1v) is 5.87. The van der Waals surface area contributed by atoms with Crippen molar-refractivity contribution in [3.8, 4) is 10.6 Å². The van der Waals surface area contributed by atoms with Gasteiger partial charge in [0.2, 0.25) is 0 Å². The van der Waals surface area contributed by atoms with Crippen LogP contribution >= 0.6 is 27.3 Å². The summed E-state index contributed by atoms with van der Waals surface area (Å²) in [5.74, 6) is 0. The van der Waals surface area contributed by atoms with E-state index in [1.807, 2.05) is 35.1 Å². The normalized spacial score (nSPS) is 11.0. The van der Waals surface area contributed by atoms with Crippen LogP contribution in [0.1, 0.15) is 0 Å². The monoisotopic (exact) mass is 280 g/mol. The van der Waals surface area contributed by atoms with Gasteiger partial charge in [-0.1, -0.05) is 17.4 Å². The van der Waals surface area contributed by atoms with E-state index in [0.717, 1.165) is 20.0 Å². The van der Waals surface area contributed by atoms with Gasteiger partial charge in [0.25, 0.3) is 0 Å². The van der Waals surface area contributed by atoms with Crippen LogP contribution in [-0.4, -0.2) is 19.8 Å². The largest absolute Gasteiger partial charge is 0.240 e. The van der Waals surface area contributed by atoms with Crippen molar-refractivity contribution in [1.29, 1.82) is 0 Å². The lowest BCUT2D eigenvalue weighted by Crippen LogP contribution is -1.83. The minimum absolute atomic E-state index is 0.785. The summed E-state index contributed by atoms with van der Waals surface area (Å²) in [5.41, 5.74) is 2.06. The molecule has 0 N–H and O–H groups in total. The molecule has 0 aliphatic rings. The van der Waals surface area contributed by atoms with Gasteiger partial charge in [0.05, 0.1) is 17.3 Å². The maximum atomic E-state index is 4.24. The Labute approximate surface area is 97.7 Å². The molecule has 3 rings (SSSR count). The Kier molecular flexibility index (Phi) is 2.03. The number of aromatic nitrogens is 4. The molecule has 4 nitrogen and oxygen atoms in total. The minimum atomic E-state index is 0.785. The molecule has 0 saturated heterocycles. The first-order valence-electron chi connectivity index (χ1n) is 4.26. The second kappa shape index (κ2) is 3.39. The van der Waals surface area contributed by atoms with E-state index in [1.54, 1.807) is 0 Å². The molecule has 74 valence electrons. The van der Waals surface area contributed by atoms with Gasteiger partial charge < -0.3 is 0 Å². The number of fused-ring (bicyclic) bond motifs is 1. The standard InChI is InChI=1S/C9H5BrN4S/c10-9-13-12-8(15-9)6-5-11-14-4-2-1-3-7(6)14/h1-5H. The summed E-state index contributed by atoms with van der Waals surface area (Å²) in [4.78, 5) is 0. The van der Waals surface area contributed by atoms with Crippen molar-refractivity contribution in [2.45, 2.75) is 0 Å². The van der Waals surface area contributed by atoms with Gasteiger partial charge in [-0.3, -0.25) is 0 Å². The molecule has 0 aliphatic carbocycles. The first kappa shape index (κ1) is 8.99. The van der Waals surface area contributed by atoms with Crippen LogP contribution in [0.15, 0.2) is 34.5 Å². The van der Waals surface area contributed by atoms with Gasteiger partial charge in [-0.25, -0.2) is 4.52 Å². The van der Waals surface area contributed by atoms with E-state index in [-0.39, 0.29) is 0 Å². The summed E-state index contributed by atoms with van der Waals surface area (Å²) >= 11 is 4.80. The van der Waals surface area contributed by atoms with Gasteiger partial charge >= 0.3 is 0 Å². The molecule has 0 spiro atoms. The van der Waals surface area contributed by atoms with Crippen molar-refractivity contribution in [2.24, 2.45) is 0 Å². The molecule has 0 aliphatic heterocycles. The Bertz CT molecular complexity index is 615. The van der Waals surface area contributed by atoms with Gasteiger partial charge in [-0.2, -0.15) is 5.10 Å². The Hall–Kier alpha value is -1.27. The van der Waals surface area contributed by atoms with Crippen LogP contribution in [0.3, 0.4) is 0 Å². The van der Waals surface area contributed by atoms with Gasteiger partial charge in [0.1, 0.15) is 0 Å². The molecule has 0 bridgehead atoms.